The van der Waals surface area contributed by atoms with E-state index in [1.807, 2.05) is 7.05 Å². The van der Waals surface area contributed by atoms with Gasteiger partial charge in [-0.2, -0.15) is 0 Å². The molecule has 0 aromatic heterocycles. The van der Waals surface area contributed by atoms with Crippen molar-refractivity contribution in [3.63, 3.8) is 0 Å². The first-order valence-corrected chi connectivity index (χ1v) is 5.70. The van der Waals surface area contributed by atoms with E-state index in [-0.39, 0.29) is 11.8 Å². The van der Waals surface area contributed by atoms with Crippen molar-refractivity contribution >= 4 is 11.8 Å². The van der Waals surface area contributed by atoms with Gasteiger partial charge in [0.25, 0.3) is 0 Å². The molecule has 0 aliphatic carbocycles. The monoisotopic (exact) mass is 229 g/mol. The smallest absolute Gasteiger partial charge is 0.219 e. The number of amides is 2. The van der Waals surface area contributed by atoms with E-state index in [1.165, 1.54) is 0 Å². The third-order valence-corrected chi connectivity index (χ3v) is 2.45. The minimum absolute atomic E-state index is 0.0822. The highest BCUT2D eigenvalue weighted by Gasteiger charge is 2.03. The number of hydrogen-bond donors (Lipinski definition) is 2. The Morgan fingerprint density at radius 1 is 0.938 bits per heavy atom. The molecule has 0 aliphatic heterocycles. The van der Waals surface area contributed by atoms with Crippen LogP contribution in [0.4, 0.5) is 0 Å². The van der Waals surface area contributed by atoms with Crippen LogP contribution in [0.2, 0.25) is 0 Å². The fourth-order valence-corrected chi connectivity index (χ4v) is 1.38. The van der Waals surface area contributed by atoms with Crippen molar-refractivity contribution in [2.24, 2.45) is 0 Å². The number of hydrogen-bond acceptors (Lipinski definition) is 3. The zero-order valence-electron chi connectivity index (χ0n) is 10.5. The second-order valence-corrected chi connectivity index (χ2v) is 3.86. The second kappa shape index (κ2) is 9.15. The molecule has 0 atom stereocenters. The van der Waals surface area contributed by atoms with Crippen LogP contribution in [0.25, 0.3) is 0 Å². The summed E-state index contributed by atoms with van der Waals surface area (Å²) in [5.41, 5.74) is 0. The van der Waals surface area contributed by atoms with Crippen LogP contribution in [0.5, 0.6) is 0 Å². The summed E-state index contributed by atoms with van der Waals surface area (Å²) < 4.78 is 0. The predicted octanol–water partition coefficient (Wildman–Crippen LogP) is -0.0294. The molecule has 94 valence electrons. The van der Waals surface area contributed by atoms with Crippen LogP contribution < -0.4 is 10.6 Å². The van der Waals surface area contributed by atoms with Gasteiger partial charge >= 0.3 is 0 Å². The number of carbonyl (C=O) groups excluding carboxylic acids is 2. The molecule has 0 aliphatic rings. The van der Waals surface area contributed by atoms with Crippen LogP contribution in [0.15, 0.2) is 0 Å². The summed E-state index contributed by atoms with van der Waals surface area (Å²) in [4.78, 5) is 24.1. The maximum atomic E-state index is 11.0. The molecule has 16 heavy (non-hydrogen) atoms. The zero-order valence-corrected chi connectivity index (χ0v) is 10.5. The zero-order chi connectivity index (χ0) is 12.4. The molecule has 0 fully saturated rings. The Morgan fingerprint density at radius 3 is 1.62 bits per heavy atom. The molecule has 0 saturated heterocycles. The first-order chi connectivity index (χ1) is 7.60. The molecule has 2 amide bonds. The number of rotatable bonds is 8. The molecule has 2 N–H and O–H groups in total. The van der Waals surface area contributed by atoms with Gasteiger partial charge in [0.15, 0.2) is 0 Å². The topological polar surface area (TPSA) is 61.4 Å². The van der Waals surface area contributed by atoms with Crippen molar-refractivity contribution in [1.29, 1.82) is 0 Å². The molecule has 0 aromatic rings. The molecule has 0 unspecified atom stereocenters. The minimum Gasteiger partial charge on any atom is -0.359 e. The van der Waals surface area contributed by atoms with Gasteiger partial charge in [0.1, 0.15) is 0 Å². The molecule has 0 spiro atoms. The Labute approximate surface area is 97.6 Å². The Kier molecular flexibility index (Phi) is 8.52. The van der Waals surface area contributed by atoms with Gasteiger partial charge < -0.3 is 15.5 Å². The fourth-order valence-electron chi connectivity index (χ4n) is 1.38. The second-order valence-electron chi connectivity index (χ2n) is 3.86. The van der Waals surface area contributed by atoms with E-state index in [1.54, 1.807) is 14.1 Å². The normalized spacial score (nSPS) is 10.2. The minimum atomic E-state index is 0.0822. The van der Waals surface area contributed by atoms with Gasteiger partial charge in [0.05, 0.1) is 0 Å². The van der Waals surface area contributed by atoms with Crippen LogP contribution in [-0.2, 0) is 9.59 Å². The third-order valence-electron chi connectivity index (χ3n) is 2.45. The predicted molar refractivity (Wildman–Crippen MR) is 64.1 cm³/mol. The Balaban J connectivity index is 3.41. The maximum absolute atomic E-state index is 11.0. The highest BCUT2D eigenvalue weighted by Crippen LogP contribution is 1.96. The molecule has 0 bridgehead atoms. The van der Waals surface area contributed by atoms with E-state index >= 15 is 0 Å². The van der Waals surface area contributed by atoms with Gasteiger partial charge in [-0.25, -0.2) is 0 Å². The molecule has 0 saturated carbocycles. The average Bonchev–Trinajstić information content (AvgIpc) is 2.28. The standard InChI is InChI=1S/C11H23N3O2/c1-12-10(15)6-4-8-14(3)9-5-7-11(16)13-2/h4-9H2,1-3H3,(H,12,15)(H,13,16). The van der Waals surface area contributed by atoms with E-state index in [9.17, 15) is 9.59 Å². The Hall–Kier alpha value is -1.10. The SMILES string of the molecule is CNC(=O)CCCN(C)CCCC(=O)NC. The summed E-state index contributed by atoms with van der Waals surface area (Å²) in [6.07, 6.45) is 2.85. The van der Waals surface area contributed by atoms with E-state index in [0.29, 0.717) is 12.8 Å². The Bertz CT molecular complexity index is 197. The maximum Gasteiger partial charge on any atom is 0.219 e. The van der Waals surface area contributed by atoms with Crippen LogP contribution in [0.3, 0.4) is 0 Å². The molecule has 0 heterocycles. The van der Waals surface area contributed by atoms with Crippen molar-refractivity contribution < 1.29 is 9.59 Å². The lowest BCUT2D eigenvalue weighted by atomic mass is 10.2. The van der Waals surface area contributed by atoms with Gasteiger partial charge in [-0.1, -0.05) is 0 Å². The third kappa shape index (κ3) is 8.23. The number of carbonyl (C=O) groups is 2. The lowest BCUT2D eigenvalue weighted by molar-refractivity contribution is -0.121. The van der Waals surface area contributed by atoms with Crippen LogP contribution in [-0.4, -0.2) is 50.9 Å². The average molecular weight is 229 g/mol. The summed E-state index contributed by atoms with van der Waals surface area (Å²) in [6.45, 7) is 1.78. The van der Waals surface area contributed by atoms with Crippen LogP contribution in [0.1, 0.15) is 25.7 Å². The molecule has 0 aromatic carbocycles. The quantitative estimate of drug-likeness (QED) is 0.614. The number of nitrogens with one attached hydrogen (secondary N) is 2. The van der Waals surface area contributed by atoms with Crippen molar-refractivity contribution in [3.05, 3.63) is 0 Å². The van der Waals surface area contributed by atoms with Gasteiger partial charge in [0, 0.05) is 26.9 Å². The molecular formula is C11H23N3O2. The van der Waals surface area contributed by atoms with Crippen molar-refractivity contribution in [1.82, 2.24) is 15.5 Å². The summed E-state index contributed by atoms with van der Waals surface area (Å²) in [6, 6.07) is 0. The lowest BCUT2D eigenvalue weighted by Gasteiger charge is -2.15. The van der Waals surface area contributed by atoms with E-state index in [0.717, 1.165) is 25.9 Å². The van der Waals surface area contributed by atoms with Crippen molar-refractivity contribution in [2.45, 2.75) is 25.7 Å². The number of nitrogens with zero attached hydrogens (tertiary/aromatic N) is 1. The Morgan fingerprint density at radius 2 is 1.31 bits per heavy atom. The van der Waals surface area contributed by atoms with Gasteiger partial charge in [-0.3, -0.25) is 9.59 Å². The van der Waals surface area contributed by atoms with Crippen LogP contribution in [0, 0.1) is 0 Å². The summed E-state index contributed by atoms with van der Waals surface area (Å²) in [7, 11) is 5.30. The molecule has 5 nitrogen and oxygen atoms in total. The first kappa shape index (κ1) is 14.9. The van der Waals surface area contributed by atoms with Gasteiger partial charge in [-0.15, -0.1) is 0 Å². The molecule has 5 heteroatoms. The lowest BCUT2D eigenvalue weighted by Crippen LogP contribution is -2.25. The highest BCUT2D eigenvalue weighted by atomic mass is 16.2. The van der Waals surface area contributed by atoms with Gasteiger partial charge in [-0.05, 0) is 33.0 Å². The first-order valence-electron chi connectivity index (χ1n) is 5.70. The van der Waals surface area contributed by atoms with Crippen molar-refractivity contribution in [3.8, 4) is 0 Å². The summed E-state index contributed by atoms with van der Waals surface area (Å²) in [5.74, 6) is 0.164. The van der Waals surface area contributed by atoms with Crippen LogP contribution >= 0.6 is 0 Å². The molecule has 0 rings (SSSR count). The van der Waals surface area contributed by atoms with Crippen molar-refractivity contribution in [2.75, 3.05) is 34.2 Å². The molecule has 0 radical (unpaired) electrons. The van der Waals surface area contributed by atoms with E-state index < -0.39 is 0 Å². The summed E-state index contributed by atoms with van der Waals surface area (Å²) in [5, 5.41) is 5.19. The largest absolute Gasteiger partial charge is 0.359 e. The summed E-state index contributed by atoms with van der Waals surface area (Å²) >= 11 is 0. The highest BCUT2D eigenvalue weighted by molar-refractivity contribution is 5.75. The van der Waals surface area contributed by atoms with Gasteiger partial charge in [0.2, 0.25) is 11.8 Å². The van der Waals surface area contributed by atoms with E-state index in [2.05, 4.69) is 15.5 Å². The van der Waals surface area contributed by atoms with E-state index in [4.69, 9.17) is 0 Å². The fraction of sp³-hybridized carbons (Fsp3) is 0.818. The molecular weight excluding hydrogens is 206 g/mol.